The van der Waals surface area contributed by atoms with Crippen LogP contribution >= 0.6 is 0 Å². The Morgan fingerprint density at radius 3 is 0.377 bits per heavy atom. The Hall–Kier alpha value is -0.486. The normalized spacial score (nSPS) is 11.3. The van der Waals surface area contributed by atoms with Crippen molar-refractivity contribution in [2.75, 3.05) is 26.4 Å². The summed E-state index contributed by atoms with van der Waals surface area (Å²) in [6.07, 6.45) is 92.8. The van der Waals surface area contributed by atoms with Crippen molar-refractivity contribution < 1.29 is 42.1 Å². The van der Waals surface area contributed by atoms with Gasteiger partial charge in [0.1, 0.15) is 0 Å². The summed E-state index contributed by atoms with van der Waals surface area (Å²) in [5, 5.41) is 34.6. The number of aliphatic hydroxyl groups excluding tert-OH is 4. The monoisotopic (exact) mass is 1120 g/mol. The van der Waals surface area contributed by atoms with Crippen LogP contribution in [0.15, 0.2) is 48.6 Å². The number of hydrogen-bond acceptors (Lipinski definition) is 4. The molecule has 0 atom stereocenters. The zero-order valence-corrected chi connectivity index (χ0v) is 54.9. The first-order chi connectivity index (χ1) is 37.7. The van der Waals surface area contributed by atoms with Crippen molar-refractivity contribution >= 4 is 0 Å². The van der Waals surface area contributed by atoms with Crippen LogP contribution in [0.5, 0.6) is 0 Å². The molecule has 0 aliphatic carbocycles. The molecule has 0 fully saturated rings. The van der Waals surface area contributed by atoms with E-state index in [2.05, 4.69) is 76.3 Å². The molecular formula is C72H144O4Ti. The molecule has 5 heteroatoms. The molecule has 0 radical (unpaired) electrons. The summed E-state index contributed by atoms with van der Waals surface area (Å²) in [6, 6.07) is 0. The molecule has 460 valence electrons. The van der Waals surface area contributed by atoms with Crippen molar-refractivity contribution in [1.29, 1.82) is 0 Å². The predicted molar refractivity (Wildman–Crippen MR) is 346 cm³/mol. The van der Waals surface area contributed by atoms with Gasteiger partial charge >= 0.3 is 0 Å². The van der Waals surface area contributed by atoms with Crippen LogP contribution in [0.2, 0.25) is 0 Å². The van der Waals surface area contributed by atoms with Gasteiger partial charge in [-0.05, 0) is 128 Å². The first kappa shape index (κ1) is 85.3. The van der Waals surface area contributed by atoms with Crippen LogP contribution in [0.1, 0.15) is 387 Å². The van der Waals surface area contributed by atoms with Crippen LogP contribution in [-0.4, -0.2) is 46.9 Å². The van der Waals surface area contributed by atoms with E-state index in [1.807, 2.05) is 0 Å². The standard InChI is InChI=1S/4C18H36O.Ti/c4*1-2-3-4-5-6-7-8-9-10-11-12-13-14-15-16-17-18-19;/h4*9-10,19H,2-8,11-18H2,1H3;/b4*10-9+;. The van der Waals surface area contributed by atoms with Crippen molar-refractivity contribution in [3.63, 3.8) is 0 Å². The fourth-order valence-electron chi connectivity index (χ4n) is 9.44. The van der Waals surface area contributed by atoms with E-state index in [9.17, 15) is 0 Å². The fourth-order valence-corrected chi connectivity index (χ4v) is 9.44. The summed E-state index contributed by atoms with van der Waals surface area (Å²) < 4.78 is 0. The maximum absolute atomic E-state index is 8.66. The molecule has 0 aromatic rings. The molecule has 0 spiro atoms. The smallest absolute Gasteiger partial charge is 0.0431 e. The fraction of sp³-hybridized carbons (Fsp3) is 0.889. The van der Waals surface area contributed by atoms with Crippen molar-refractivity contribution in [3.8, 4) is 0 Å². The molecule has 77 heavy (non-hydrogen) atoms. The number of hydrogen-bond donors (Lipinski definition) is 4. The number of rotatable bonds is 60. The molecule has 0 bridgehead atoms. The van der Waals surface area contributed by atoms with Crippen molar-refractivity contribution in [2.45, 2.75) is 387 Å². The van der Waals surface area contributed by atoms with E-state index >= 15 is 0 Å². The van der Waals surface area contributed by atoms with E-state index in [-0.39, 0.29) is 21.7 Å². The van der Waals surface area contributed by atoms with Gasteiger partial charge in [-0.15, -0.1) is 0 Å². The topological polar surface area (TPSA) is 80.9 Å². The molecule has 0 unspecified atom stereocenters. The van der Waals surface area contributed by atoms with Gasteiger partial charge in [-0.3, -0.25) is 0 Å². The Morgan fingerprint density at radius 1 is 0.156 bits per heavy atom. The minimum Gasteiger partial charge on any atom is -0.396 e. The number of allylic oxidation sites excluding steroid dienone is 8. The Bertz CT molecular complexity index is 866. The quantitative estimate of drug-likeness (QED) is 0.0278. The third-order valence-electron chi connectivity index (χ3n) is 14.7. The van der Waals surface area contributed by atoms with E-state index in [1.54, 1.807) is 0 Å². The molecule has 0 saturated heterocycles. The van der Waals surface area contributed by atoms with Gasteiger partial charge in [-0.2, -0.15) is 0 Å². The molecule has 4 nitrogen and oxygen atoms in total. The van der Waals surface area contributed by atoms with Crippen LogP contribution < -0.4 is 0 Å². The van der Waals surface area contributed by atoms with Crippen LogP contribution in [0.3, 0.4) is 0 Å². The summed E-state index contributed by atoms with van der Waals surface area (Å²) in [5.74, 6) is 0. The second-order valence-electron chi connectivity index (χ2n) is 22.6. The largest absolute Gasteiger partial charge is 0.396 e. The molecule has 0 aromatic carbocycles. The summed E-state index contributed by atoms with van der Waals surface area (Å²) in [4.78, 5) is 0. The first-order valence-corrected chi connectivity index (χ1v) is 34.7. The summed E-state index contributed by atoms with van der Waals surface area (Å²) in [7, 11) is 0. The van der Waals surface area contributed by atoms with Crippen molar-refractivity contribution in [3.05, 3.63) is 48.6 Å². The van der Waals surface area contributed by atoms with E-state index in [0.29, 0.717) is 26.4 Å². The minimum absolute atomic E-state index is 0. The predicted octanol–water partition coefficient (Wildman–Crippen LogP) is 24.1. The van der Waals surface area contributed by atoms with Gasteiger partial charge in [-0.1, -0.05) is 307 Å². The van der Waals surface area contributed by atoms with Crippen LogP contribution in [0, 0.1) is 0 Å². The maximum Gasteiger partial charge on any atom is 0.0431 e. The summed E-state index contributed by atoms with van der Waals surface area (Å²) in [6.45, 7) is 10.5. The van der Waals surface area contributed by atoms with E-state index in [1.165, 1.54) is 334 Å². The zero-order valence-electron chi connectivity index (χ0n) is 53.3. The van der Waals surface area contributed by atoms with E-state index in [0.717, 1.165) is 25.7 Å². The van der Waals surface area contributed by atoms with Crippen molar-refractivity contribution in [2.24, 2.45) is 0 Å². The SMILES string of the molecule is CCCCCCCC/C=C/CCCCCCCCO.CCCCCCCC/C=C/CCCCCCCCO.CCCCCCCC/C=C/CCCCCCCCO.CCCCCCCC/C=C/CCCCCCCCO.[Ti]. The van der Waals surface area contributed by atoms with E-state index < -0.39 is 0 Å². The Labute approximate surface area is 501 Å². The molecule has 0 rings (SSSR count). The second-order valence-corrected chi connectivity index (χ2v) is 22.6. The Balaban J connectivity index is -0.000000298. The van der Waals surface area contributed by atoms with Gasteiger partial charge in [0.15, 0.2) is 0 Å². The third kappa shape index (κ3) is 101. The van der Waals surface area contributed by atoms with Crippen LogP contribution in [-0.2, 0) is 21.7 Å². The number of unbranched alkanes of at least 4 members (excludes halogenated alkanes) is 48. The van der Waals surface area contributed by atoms with Gasteiger partial charge in [0.25, 0.3) is 0 Å². The molecule has 4 N–H and O–H groups in total. The molecule has 0 aromatic heterocycles. The van der Waals surface area contributed by atoms with Gasteiger partial charge in [0, 0.05) is 48.1 Å². The van der Waals surface area contributed by atoms with Crippen LogP contribution in [0.25, 0.3) is 0 Å². The molecule has 0 aliphatic heterocycles. The second kappa shape index (κ2) is 92.0. The first-order valence-electron chi connectivity index (χ1n) is 34.7. The Morgan fingerprint density at radius 2 is 0.260 bits per heavy atom. The average Bonchev–Trinajstić information content (AvgIpc) is 3.43. The summed E-state index contributed by atoms with van der Waals surface area (Å²) >= 11 is 0. The van der Waals surface area contributed by atoms with Gasteiger partial charge in [0.05, 0.1) is 0 Å². The summed E-state index contributed by atoms with van der Waals surface area (Å²) in [5.41, 5.74) is 0. The number of aliphatic hydroxyl groups is 4. The molecular weight excluding hydrogens is 977 g/mol. The Kier molecular flexibility index (Phi) is 102. The van der Waals surface area contributed by atoms with Gasteiger partial charge < -0.3 is 20.4 Å². The van der Waals surface area contributed by atoms with Gasteiger partial charge in [0.2, 0.25) is 0 Å². The third-order valence-corrected chi connectivity index (χ3v) is 14.7. The van der Waals surface area contributed by atoms with Gasteiger partial charge in [-0.25, -0.2) is 0 Å². The molecule has 0 heterocycles. The zero-order chi connectivity index (χ0) is 56.1. The maximum atomic E-state index is 8.66. The molecule has 0 amide bonds. The average molecular weight is 1120 g/mol. The molecule has 0 saturated carbocycles. The molecule has 0 aliphatic rings. The minimum atomic E-state index is 0. The van der Waals surface area contributed by atoms with Crippen LogP contribution in [0.4, 0.5) is 0 Å². The van der Waals surface area contributed by atoms with Crippen molar-refractivity contribution in [1.82, 2.24) is 0 Å². The van der Waals surface area contributed by atoms with E-state index in [4.69, 9.17) is 20.4 Å².